The first-order chi connectivity index (χ1) is 9.68. The Hall–Kier alpha value is -0.0400. The lowest BCUT2D eigenvalue weighted by molar-refractivity contribution is -0.0811. The van der Waals surface area contributed by atoms with Crippen molar-refractivity contribution in [3.8, 4) is 0 Å². The third-order valence-corrected chi connectivity index (χ3v) is 7.70. The predicted molar refractivity (Wildman–Crippen MR) is 84.3 cm³/mol. The molecule has 1 nitrogen and oxygen atoms in total. The van der Waals surface area contributed by atoms with Crippen molar-refractivity contribution in [1.29, 1.82) is 0 Å². The highest BCUT2D eigenvalue weighted by Gasteiger charge is 2.54. The van der Waals surface area contributed by atoms with Crippen molar-refractivity contribution in [3.63, 3.8) is 0 Å². The topological polar surface area (TPSA) is 26.0 Å². The third kappa shape index (κ3) is 2.16. The van der Waals surface area contributed by atoms with Gasteiger partial charge in [-0.1, -0.05) is 26.2 Å². The highest BCUT2D eigenvalue weighted by molar-refractivity contribution is 5.07. The molecule has 114 valence electrons. The van der Waals surface area contributed by atoms with Gasteiger partial charge in [0.2, 0.25) is 0 Å². The Morgan fingerprint density at radius 2 is 1.55 bits per heavy atom. The summed E-state index contributed by atoms with van der Waals surface area (Å²) in [6.45, 7) is 2.38. The highest BCUT2D eigenvalue weighted by atomic mass is 14.8. The summed E-state index contributed by atoms with van der Waals surface area (Å²) in [4.78, 5) is 0. The van der Waals surface area contributed by atoms with Crippen molar-refractivity contribution in [3.05, 3.63) is 0 Å². The summed E-state index contributed by atoms with van der Waals surface area (Å²) >= 11 is 0. The molecule has 5 aliphatic rings. The van der Waals surface area contributed by atoms with Gasteiger partial charge < -0.3 is 5.73 Å². The van der Waals surface area contributed by atoms with Crippen LogP contribution in [-0.4, -0.2) is 6.04 Å². The molecular weight excluding hydrogens is 242 g/mol. The third-order valence-electron chi connectivity index (χ3n) is 7.70. The number of hydrogen-bond donors (Lipinski definition) is 1. The Bertz CT molecular complexity index is 325. The zero-order valence-electron chi connectivity index (χ0n) is 13.3. The molecule has 4 bridgehead atoms. The highest BCUT2D eigenvalue weighted by Crippen LogP contribution is 2.62. The fraction of sp³-hybridized carbons (Fsp3) is 1.00. The first kappa shape index (κ1) is 13.6. The minimum Gasteiger partial charge on any atom is -0.327 e. The maximum absolute atomic E-state index is 6.96. The lowest BCUT2D eigenvalue weighted by Gasteiger charge is -2.60. The second-order valence-electron chi connectivity index (χ2n) is 9.01. The van der Waals surface area contributed by atoms with Gasteiger partial charge in [0.05, 0.1) is 0 Å². The van der Waals surface area contributed by atoms with Gasteiger partial charge in [0, 0.05) is 6.04 Å². The number of hydrogen-bond acceptors (Lipinski definition) is 1. The molecule has 0 radical (unpaired) electrons. The second-order valence-corrected chi connectivity index (χ2v) is 9.01. The first-order valence-electron chi connectivity index (χ1n) is 9.44. The van der Waals surface area contributed by atoms with Crippen LogP contribution in [0.2, 0.25) is 0 Å². The Morgan fingerprint density at radius 1 is 0.950 bits per heavy atom. The van der Waals surface area contributed by atoms with Crippen molar-refractivity contribution in [2.45, 2.75) is 83.6 Å². The van der Waals surface area contributed by atoms with Gasteiger partial charge in [-0.05, 0) is 86.4 Å². The van der Waals surface area contributed by atoms with E-state index in [1.807, 2.05) is 0 Å². The van der Waals surface area contributed by atoms with E-state index in [9.17, 15) is 0 Å². The maximum Gasteiger partial charge on any atom is 0.0124 e. The molecule has 0 spiro atoms. The summed E-state index contributed by atoms with van der Waals surface area (Å²) in [6, 6.07) is 0.533. The zero-order chi connectivity index (χ0) is 13.7. The van der Waals surface area contributed by atoms with Crippen LogP contribution in [0, 0.1) is 35.0 Å². The van der Waals surface area contributed by atoms with Crippen LogP contribution in [-0.2, 0) is 0 Å². The number of rotatable bonds is 3. The van der Waals surface area contributed by atoms with Crippen LogP contribution in [0.1, 0.15) is 77.6 Å². The van der Waals surface area contributed by atoms with E-state index in [1.54, 1.807) is 19.3 Å². The van der Waals surface area contributed by atoms with Crippen LogP contribution in [0.15, 0.2) is 0 Å². The van der Waals surface area contributed by atoms with Gasteiger partial charge in [-0.2, -0.15) is 0 Å². The van der Waals surface area contributed by atoms with Crippen molar-refractivity contribution < 1.29 is 0 Å². The van der Waals surface area contributed by atoms with Gasteiger partial charge in [-0.15, -0.1) is 0 Å². The minimum absolute atomic E-state index is 0.533. The predicted octanol–water partition coefficient (Wildman–Crippen LogP) is 4.75. The van der Waals surface area contributed by atoms with Crippen LogP contribution < -0.4 is 5.73 Å². The summed E-state index contributed by atoms with van der Waals surface area (Å²) in [5.41, 5.74) is 7.54. The van der Waals surface area contributed by atoms with E-state index in [0.717, 1.165) is 29.6 Å². The molecule has 0 aromatic heterocycles. The molecule has 5 aliphatic carbocycles. The fourth-order valence-electron chi connectivity index (χ4n) is 7.12. The largest absolute Gasteiger partial charge is 0.327 e. The SMILES string of the molecule is CCC1CCCC(C(N)C23CC4CC(CC(C4)C2)C3)C1. The van der Waals surface area contributed by atoms with Gasteiger partial charge in [-0.25, -0.2) is 0 Å². The first-order valence-corrected chi connectivity index (χ1v) is 9.44. The van der Waals surface area contributed by atoms with E-state index >= 15 is 0 Å². The van der Waals surface area contributed by atoms with E-state index in [2.05, 4.69) is 6.92 Å². The van der Waals surface area contributed by atoms with E-state index in [1.165, 1.54) is 51.4 Å². The van der Waals surface area contributed by atoms with Gasteiger partial charge in [0.1, 0.15) is 0 Å². The van der Waals surface area contributed by atoms with E-state index < -0.39 is 0 Å². The van der Waals surface area contributed by atoms with Gasteiger partial charge in [0.15, 0.2) is 0 Å². The summed E-state index contributed by atoms with van der Waals surface area (Å²) < 4.78 is 0. The Kier molecular flexibility index (Phi) is 3.41. The van der Waals surface area contributed by atoms with Crippen molar-refractivity contribution in [1.82, 2.24) is 0 Å². The van der Waals surface area contributed by atoms with Gasteiger partial charge in [-0.3, -0.25) is 0 Å². The van der Waals surface area contributed by atoms with Crippen molar-refractivity contribution in [2.75, 3.05) is 0 Å². The molecule has 0 aliphatic heterocycles. The molecule has 0 aromatic rings. The number of nitrogens with two attached hydrogens (primary N) is 1. The van der Waals surface area contributed by atoms with Crippen LogP contribution in [0.3, 0.4) is 0 Å². The zero-order valence-corrected chi connectivity index (χ0v) is 13.3. The van der Waals surface area contributed by atoms with E-state index in [4.69, 9.17) is 5.73 Å². The van der Waals surface area contributed by atoms with E-state index in [-0.39, 0.29) is 0 Å². The van der Waals surface area contributed by atoms with Crippen LogP contribution >= 0.6 is 0 Å². The molecule has 0 heterocycles. The molecule has 0 amide bonds. The summed E-state index contributed by atoms with van der Waals surface area (Å²) in [7, 11) is 0. The Labute approximate surface area is 125 Å². The molecule has 5 rings (SSSR count). The molecule has 1 heteroatoms. The van der Waals surface area contributed by atoms with Crippen LogP contribution in [0.4, 0.5) is 0 Å². The molecule has 0 aromatic carbocycles. The van der Waals surface area contributed by atoms with Crippen LogP contribution in [0.5, 0.6) is 0 Å². The molecule has 2 N–H and O–H groups in total. The fourth-order valence-corrected chi connectivity index (χ4v) is 7.12. The van der Waals surface area contributed by atoms with Crippen LogP contribution in [0.25, 0.3) is 0 Å². The van der Waals surface area contributed by atoms with Crippen molar-refractivity contribution in [2.24, 2.45) is 40.7 Å². The average Bonchev–Trinajstić information content (AvgIpc) is 2.45. The summed E-state index contributed by atoms with van der Waals surface area (Å²) in [5.74, 6) is 4.99. The Morgan fingerprint density at radius 3 is 2.10 bits per heavy atom. The molecular formula is C19H33N. The molecule has 5 fully saturated rings. The molecule has 5 saturated carbocycles. The molecule has 0 saturated heterocycles. The summed E-state index contributed by atoms with van der Waals surface area (Å²) in [5, 5.41) is 0. The van der Waals surface area contributed by atoms with Gasteiger partial charge in [0.25, 0.3) is 0 Å². The monoisotopic (exact) mass is 275 g/mol. The second kappa shape index (κ2) is 5.00. The smallest absolute Gasteiger partial charge is 0.0124 e. The maximum atomic E-state index is 6.96. The lowest BCUT2D eigenvalue weighted by atomic mass is 9.46. The van der Waals surface area contributed by atoms with Gasteiger partial charge >= 0.3 is 0 Å². The van der Waals surface area contributed by atoms with Crippen molar-refractivity contribution >= 4 is 0 Å². The summed E-state index contributed by atoms with van der Waals surface area (Å²) in [6.07, 6.45) is 16.3. The Balaban J connectivity index is 1.51. The normalized spacial score (nSPS) is 52.2. The quantitative estimate of drug-likeness (QED) is 0.790. The molecule has 3 unspecified atom stereocenters. The lowest BCUT2D eigenvalue weighted by Crippen LogP contribution is -2.57. The average molecular weight is 275 g/mol. The standard InChI is InChI=1S/C19H33N/c1-2-13-4-3-5-17(9-13)18(20)19-10-14-6-15(11-19)8-16(7-14)12-19/h13-18H,2-12,20H2,1H3. The minimum atomic E-state index is 0.533. The van der Waals surface area contributed by atoms with E-state index in [0.29, 0.717) is 11.5 Å². The molecule has 20 heavy (non-hydrogen) atoms. The molecule has 3 atom stereocenters.